The molecule has 3 heterocycles. The summed E-state index contributed by atoms with van der Waals surface area (Å²) in [4.78, 5) is 57.9. The van der Waals surface area contributed by atoms with Gasteiger partial charge in [-0.2, -0.15) is 0 Å². The molecule has 1 unspecified atom stereocenters. The predicted octanol–water partition coefficient (Wildman–Crippen LogP) is 7.17. The number of hydrogen-bond donors (Lipinski definition) is 3. The number of aliphatic hydroxyl groups excluding tert-OH is 2. The van der Waals surface area contributed by atoms with Gasteiger partial charge in [0.05, 0.1) is 36.6 Å². The fourth-order valence-electron chi connectivity index (χ4n) is 10.3. The van der Waals surface area contributed by atoms with Crippen LogP contribution in [0.1, 0.15) is 126 Å². The van der Waals surface area contributed by atoms with Gasteiger partial charge in [-0.3, -0.25) is 19.2 Å². The molecule has 1 aliphatic carbocycles. The van der Waals surface area contributed by atoms with Crippen LogP contribution in [0.5, 0.6) is 0 Å². The van der Waals surface area contributed by atoms with Crippen molar-refractivity contribution in [2.75, 3.05) is 27.9 Å². The molecule has 1 amide bonds. The Morgan fingerprint density at radius 1 is 0.892 bits per heavy atom. The maximum Gasteiger partial charge on any atom is 0.296 e. The van der Waals surface area contributed by atoms with Crippen LogP contribution in [0.15, 0.2) is 59.9 Å². The van der Waals surface area contributed by atoms with Crippen molar-refractivity contribution in [3.05, 3.63) is 59.9 Å². The first-order chi connectivity index (χ1) is 30.7. The van der Waals surface area contributed by atoms with Crippen molar-refractivity contribution in [3.63, 3.8) is 0 Å². The molecule has 366 valence electrons. The minimum absolute atomic E-state index is 0.0398. The average molecular weight is 912 g/mol. The Bertz CT molecular complexity index is 1750. The second-order valence-electron chi connectivity index (χ2n) is 19.8. The number of allylic oxidation sites excluding steroid dienone is 6. The van der Waals surface area contributed by atoms with Crippen molar-refractivity contribution in [1.29, 1.82) is 0 Å². The minimum Gasteiger partial charge on any atom is -0.492 e. The molecule has 0 radical (unpaired) electrons. The Morgan fingerprint density at radius 2 is 1.62 bits per heavy atom. The van der Waals surface area contributed by atoms with Crippen molar-refractivity contribution >= 4 is 23.3 Å². The van der Waals surface area contributed by atoms with Gasteiger partial charge < -0.3 is 43.9 Å². The lowest BCUT2D eigenvalue weighted by atomic mass is 9.78. The number of carbonyl (C=O) groups excluding carboxylic acids is 4. The normalized spacial score (nSPS) is 38.6. The van der Waals surface area contributed by atoms with E-state index in [1.54, 1.807) is 41.1 Å². The summed E-state index contributed by atoms with van der Waals surface area (Å²) in [6.45, 7) is 17.5. The van der Waals surface area contributed by atoms with Gasteiger partial charge in [-0.25, -0.2) is 0 Å². The first kappa shape index (κ1) is 54.3. The van der Waals surface area contributed by atoms with Crippen molar-refractivity contribution in [2.24, 2.45) is 35.5 Å². The standard InChI is InChI=1S/C52H81NO12/c1-31-17-13-12-14-18-32(2)44(61-9)29-40-22-20-37(7)52(60,65-40)50(58)51(59)53-24-16-15-19-41(53)38(8)64-45(34(4)27-39-21-23-42(54)46(28-39)62-10)30-43(55)33(3)26-36(6)48(57)49(63-11)47(56)35(5)25-31/h12-14,17-18,26,31,34-37,39-42,44-46,48-49,54,57,60H,8,15-16,19-25,27-30H2,1-7,9-11H3/b14-12?,17-13?,32-18?,33-26+/t31-,34-,35-,36?,37-,39+,40+,41+,42-,44+,45+,46-,48-,49+,52-/m1/s1. The Hall–Kier alpha value is -3.30. The van der Waals surface area contributed by atoms with Gasteiger partial charge in [0.2, 0.25) is 5.79 Å². The van der Waals surface area contributed by atoms with E-state index in [0.717, 1.165) is 18.4 Å². The van der Waals surface area contributed by atoms with Crippen LogP contribution < -0.4 is 0 Å². The molecule has 0 aromatic heterocycles. The predicted molar refractivity (Wildman–Crippen MR) is 249 cm³/mol. The summed E-state index contributed by atoms with van der Waals surface area (Å²) in [5.41, 5.74) is 1.30. The largest absolute Gasteiger partial charge is 0.492 e. The summed E-state index contributed by atoms with van der Waals surface area (Å²) in [6.07, 6.45) is 13.0. The van der Waals surface area contributed by atoms with Gasteiger partial charge in [-0.1, -0.05) is 77.7 Å². The highest BCUT2D eigenvalue weighted by Crippen LogP contribution is 2.38. The van der Waals surface area contributed by atoms with E-state index in [4.69, 9.17) is 23.7 Å². The summed E-state index contributed by atoms with van der Waals surface area (Å²) in [6, 6.07) is -0.698. The summed E-state index contributed by atoms with van der Waals surface area (Å²) in [5, 5.41) is 34.0. The van der Waals surface area contributed by atoms with E-state index in [0.29, 0.717) is 63.4 Å². The van der Waals surface area contributed by atoms with E-state index in [1.165, 1.54) is 12.0 Å². The number of Topliss-reactive ketones (excluding diaryl/α,β-unsaturated/α-hetero) is 3. The highest BCUT2D eigenvalue weighted by atomic mass is 16.6. The number of hydrogen-bond acceptors (Lipinski definition) is 12. The smallest absolute Gasteiger partial charge is 0.296 e. The molecule has 65 heavy (non-hydrogen) atoms. The highest BCUT2D eigenvalue weighted by molar-refractivity contribution is 6.39. The number of fused-ring (bicyclic) bond motifs is 3. The number of rotatable bonds is 6. The zero-order valence-electron chi connectivity index (χ0n) is 40.9. The fourth-order valence-corrected chi connectivity index (χ4v) is 10.3. The lowest BCUT2D eigenvalue weighted by molar-refractivity contribution is -0.265. The summed E-state index contributed by atoms with van der Waals surface area (Å²) < 4.78 is 30.0. The van der Waals surface area contributed by atoms with Gasteiger partial charge in [-0.05, 0) is 107 Å². The van der Waals surface area contributed by atoms with Crippen LogP contribution in [0.3, 0.4) is 0 Å². The average Bonchev–Trinajstić information content (AvgIpc) is 3.28. The number of carbonyl (C=O) groups is 4. The van der Waals surface area contributed by atoms with Gasteiger partial charge in [0, 0.05) is 58.5 Å². The van der Waals surface area contributed by atoms with Crippen LogP contribution in [0.25, 0.3) is 0 Å². The number of ether oxygens (including phenoxy) is 5. The minimum atomic E-state index is -2.35. The van der Waals surface area contributed by atoms with Crippen molar-refractivity contribution in [1.82, 2.24) is 4.90 Å². The first-order valence-electron chi connectivity index (χ1n) is 24.1. The van der Waals surface area contributed by atoms with E-state index < -0.39 is 71.8 Å². The fraction of sp³-hybridized carbons (Fsp3) is 0.731. The summed E-state index contributed by atoms with van der Waals surface area (Å²) in [5.74, 6) is -6.05. The molecule has 3 N–H and O–H groups in total. The maximum absolute atomic E-state index is 14.3. The van der Waals surface area contributed by atoms with Crippen LogP contribution in [-0.4, -0.2) is 126 Å². The number of piperidine rings is 1. The molecule has 13 nitrogen and oxygen atoms in total. The molecule has 0 spiro atoms. The molecule has 3 fully saturated rings. The Kier molecular flexibility index (Phi) is 21.0. The summed E-state index contributed by atoms with van der Waals surface area (Å²) in [7, 11) is 4.61. The monoisotopic (exact) mass is 912 g/mol. The van der Waals surface area contributed by atoms with E-state index in [-0.39, 0.29) is 60.3 Å². The molecule has 2 saturated heterocycles. The third-order valence-corrected chi connectivity index (χ3v) is 14.6. The number of aliphatic hydroxyl groups is 3. The molecule has 13 heteroatoms. The van der Waals surface area contributed by atoms with Crippen LogP contribution in [0.4, 0.5) is 0 Å². The number of ketones is 3. The topological polar surface area (TPSA) is 178 Å². The molecule has 3 aliphatic heterocycles. The molecule has 2 bridgehead atoms. The lowest BCUT2D eigenvalue weighted by Gasteiger charge is -2.43. The van der Waals surface area contributed by atoms with Crippen LogP contribution >= 0.6 is 0 Å². The van der Waals surface area contributed by atoms with Gasteiger partial charge in [0.15, 0.2) is 11.6 Å². The summed E-state index contributed by atoms with van der Waals surface area (Å²) >= 11 is 0. The van der Waals surface area contributed by atoms with Crippen molar-refractivity contribution in [2.45, 2.75) is 180 Å². The molecule has 0 aromatic rings. The molecule has 15 atom stereocenters. The SMILES string of the molecule is C=C1O[C@H]([C@H](C)C[C@@H]2CC[C@@H](O)[C@H](OC)C2)CC(=O)/C(C)=C/C(C)[C@@H](O)[C@@H](OC)C(=O)[C@H](C)C[C@H](C)C=CC=CC=C(C)[C@@H](OC)C[C@@H]2CC[C@@H](C)[C@@](O)(O2)C(=O)C(=O)N2CCCC[C@@H]12. The lowest BCUT2D eigenvalue weighted by Crippen LogP contribution is -2.60. The second-order valence-corrected chi connectivity index (χ2v) is 19.8. The Morgan fingerprint density at radius 3 is 2.29 bits per heavy atom. The van der Waals surface area contributed by atoms with Crippen molar-refractivity contribution < 1.29 is 58.2 Å². The van der Waals surface area contributed by atoms with Crippen LogP contribution in [-0.2, 0) is 42.9 Å². The highest BCUT2D eigenvalue weighted by Gasteiger charge is 2.52. The maximum atomic E-state index is 14.3. The number of methoxy groups -OCH3 is 3. The molecule has 0 aromatic carbocycles. The molecule has 1 saturated carbocycles. The van der Waals surface area contributed by atoms with E-state index >= 15 is 0 Å². The van der Waals surface area contributed by atoms with Gasteiger partial charge >= 0.3 is 0 Å². The molecule has 4 aliphatic rings. The van der Waals surface area contributed by atoms with E-state index in [9.17, 15) is 34.5 Å². The van der Waals surface area contributed by atoms with Crippen LogP contribution in [0.2, 0.25) is 0 Å². The first-order valence-corrected chi connectivity index (χ1v) is 24.1. The van der Waals surface area contributed by atoms with Crippen molar-refractivity contribution in [3.8, 4) is 0 Å². The van der Waals surface area contributed by atoms with E-state index in [1.807, 2.05) is 58.1 Å². The number of nitrogens with zero attached hydrogens (tertiary/aromatic N) is 1. The number of amides is 1. The zero-order valence-corrected chi connectivity index (χ0v) is 40.9. The Labute approximate surface area is 388 Å². The van der Waals surface area contributed by atoms with Gasteiger partial charge in [-0.15, -0.1) is 0 Å². The van der Waals surface area contributed by atoms with Gasteiger partial charge in [0.25, 0.3) is 11.7 Å². The van der Waals surface area contributed by atoms with Crippen LogP contribution in [0, 0.1) is 35.5 Å². The van der Waals surface area contributed by atoms with E-state index in [2.05, 4.69) is 6.58 Å². The van der Waals surface area contributed by atoms with Gasteiger partial charge in [0.1, 0.15) is 18.0 Å². The molecular formula is C52H81NO12. The second kappa shape index (κ2) is 25.2. The third-order valence-electron chi connectivity index (χ3n) is 14.6. The third kappa shape index (κ3) is 14.4. The Balaban J connectivity index is 1.70. The quantitative estimate of drug-likeness (QED) is 0.229. The molecular weight excluding hydrogens is 831 g/mol. The molecule has 4 rings (SSSR count). The zero-order chi connectivity index (χ0) is 48.2.